The van der Waals surface area contributed by atoms with Crippen LogP contribution in [0.15, 0.2) is 43.1 Å². The van der Waals surface area contributed by atoms with E-state index in [9.17, 15) is 9.90 Å². The summed E-state index contributed by atoms with van der Waals surface area (Å²) in [5, 5.41) is 10.8. The van der Waals surface area contributed by atoms with Crippen molar-refractivity contribution in [3.63, 3.8) is 0 Å². The fraction of sp³-hybridized carbons (Fsp3) is 0.429. The van der Waals surface area contributed by atoms with Crippen LogP contribution in [0, 0.1) is 11.8 Å². The molecule has 5 atom stereocenters. The van der Waals surface area contributed by atoms with E-state index in [4.69, 9.17) is 4.74 Å². The lowest BCUT2D eigenvalue weighted by Gasteiger charge is -2.51. The smallest absolute Gasteiger partial charge is 0.303 e. The number of benzene rings is 1. The molecule has 4 heterocycles. The molecule has 0 aliphatic carbocycles. The van der Waals surface area contributed by atoms with Crippen molar-refractivity contribution in [1.29, 1.82) is 0 Å². The van der Waals surface area contributed by atoms with Gasteiger partial charge in [-0.2, -0.15) is 0 Å². The monoisotopic (exact) mass is 352 g/mol. The van der Waals surface area contributed by atoms with Crippen molar-refractivity contribution >= 4 is 16.9 Å². The number of phenolic OH excluding ortho intramolecular Hbond substituents is 1. The van der Waals surface area contributed by atoms with Gasteiger partial charge in [0.05, 0.1) is 11.6 Å². The zero-order valence-corrected chi connectivity index (χ0v) is 15.0. The normalized spacial score (nSPS) is 28.7. The summed E-state index contributed by atoms with van der Waals surface area (Å²) in [6, 6.07) is 7.17. The highest BCUT2D eigenvalue weighted by Gasteiger charge is 2.44. The van der Waals surface area contributed by atoms with Gasteiger partial charge in [-0.1, -0.05) is 6.08 Å². The predicted octanol–water partition coefficient (Wildman–Crippen LogP) is 3.44. The van der Waals surface area contributed by atoms with Crippen molar-refractivity contribution in [3.05, 3.63) is 48.7 Å². The number of nitrogens with zero attached hydrogens (tertiary/aromatic N) is 2. The molecule has 1 N–H and O–H groups in total. The quantitative estimate of drug-likeness (QED) is 0.675. The molecule has 0 saturated carbocycles. The summed E-state index contributed by atoms with van der Waals surface area (Å²) in [6.45, 7) is 7.42. The number of pyridine rings is 1. The molecule has 3 aliphatic rings. The Hall–Kier alpha value is -2.40. The molecule has 5 unspecified atom stereocenters. The largest absolute Gasteiger partial charge is 0.508 e. The minimum absolute atomic E-state index is 0.141. The van der Waals surface area contributed by atoms with Crippen LogP contribution < -0.4 is 0 Å². The first-order valence-electron chi connectivity index (χ1n) is 9.18. The number of esters is 1. The van der Waals surface area contributed by atoms with Crippen molar-refractivity contribution in [2.75, 3.05) is 13.1 Å². The number of aromatic hydroxyl groups is 1. The zero-order valence-electron chi connectivity index (χ0n) is 15.0. The number of ether oxygens (including phenoxy) is 1. The average Bonchev–Trinajstić information content (AvgIpc) is 2.65. The Kier molecular flexibility index (Phi) is 4.41. The minimum atomic E-state index is -0.367. The summed E-state index contributed by atoms with van der Waals surface area (Å²) in [5.74, 6) is 0.992. The predicted molar refractivity (Wildman–Crippen MR) is 99.7 cm³/mol. The molecule has 5 rings (SSSR count). The van der Waals surface area contributed by atoms with Crippen LogP contribution in [-0.4, -0.2) is 40.1 Å². The van der Waals surface area contributed by atoms with E-state index < -0.39 is 0 Å². The summed E-state index contributed by atoms with van der Waals surface area (Å²) in [6.07, 6.45) is 5.59. The van der Waals surface area contributed by atoms with Crippen molar-refractivity contribution in [1.82, 2.24) is 9.88 Å². The highest BCUT2D eigenvalue weighted by atomic mass is 16.5. The van der Waals surface area contributed by atoms with Gasteiger partial charge in [0.15, 0.2) is 0 Å². The molecule has 0 radical (unpaired) electrons. The second-order valence-corrected chi connectivity index (χ2v) is 7.38. The third-order valence-corrected chi connectivity index (χ3v) is 5.86. The highest BCUT2D eigenvalue weighted by Crippen LogP contribution is 2.43. The van der Waals surface area contributed by atoms with E-state index in [1.807, 2.05) is 6.07 Å². The Morgan fingerprint density at radius 2 is 2.31 bits per heavy atom. The number of aromatic nitrogens is 1. The van der Waals surface area contributed by atoms with E-state index in [1.54, 1.807) is 24.4 Å². The maximum Gasteiger partial charge on any atom is 0.303 e. The number of carbonyl (C=O) groups is 1. The van der Waals surface area contributed by atoms with E-state index in [1.165, 1.54) is 6.92 Å². The standard InChI is InChI=1S/C21H24N2O3/c1-3-14-12-23-9-7-15(14)10-20(23)21(26-13(2)24)17-6-8-22-19-5-4-16(25)11-18(17)19/h3-6,8,11,14-15,20-21,25H,1,7,9-10,12H2,2H3. The lowest BCUT2D eigenvalue weighted by molar-refractivity contribution is -0.154. The fourth-order valence-corrected chi connectivity index (χ4v) is 4.62. The van der Waals surface area contributed by atoms with Gasteiger partial charge in [0.2, 0.25) is 0 Å². The van der Waals surface area contributed by atoms with Gasteiger partial charge in [0.25, 0.3) is 0 Å². The summed E-state index contributed by atoms with van der Waals surface area (Å²) >= 11 is 0. The van der Waals surface area contributed by atoms with Crippen LogP contribution in [0.25, 0.3) is 10.9 Å². The van der Waals surface area contributed by atoms with Gasteiger partial charge in [-0.05, 0) is 55.5 Å². The van der Waals surface area contributed by atoms with Gasteiger partial charge in [-0.25, -0.2) is 0 Å². The van der Waals surface area contributed by atoms with E-state index in [-0.39, 0.29) is 23.9 Å². The molecule has 5 heteroatoms. The Balaban J connectivity index is 1.76. The number of hydrogen-bond acceptors (Lipinski definition) is 5. The molecule has 26 heavy (non-hydrogen) atoms. The van der Waals surface area contributed by atoms with Crippen molar-refractivity contribution in [2.45, 2.75) is 31.9 Å². The third-order valence-electron chi connectivity index (χ3n) is 5.86. The number of rotatable bonds is 4. The summed E-state index contributed by atoms with van der Waals surface area (Å²) in [4.78, 5) is 18.7. The molecule has 5 nitrogen and oxygen atoms in total. The SMILES string of the molecule is C=CC1CN2CCC1CC2C(OC(C)=O)c1ccnc2ccc(O)cc12. The first-order chi connectivity index (χ1) is 12.6. The molecule has 3 aliphatic heterocycles. The van der Waals surface area contributed by atoms with E-state index >= 15 is 0 Å². The van der Waals surface area contributed by atoms with Crippen LogP contribution in [0.5, 0.6) is 5.75 Å². The molecule has 1 aromatic carbocycles. The Morgan fingerprint density at radius 3 is 3.00 bits per heavy atom. The first kappa shape index (κ1) is 17.0. The second kappa shape index (κ2) is 6.72. The van der Waals surface area contributed by atoms with Gasteiger partial charge in [-0.3, -0.25) is 14.7 Å². The van der Waals surface area contributed by atoms with Gasteiger partial charge >= 0.3 is 5.97 Å². The van der Waals surface area contributed by atoms with Crippen LogP contribution in [0.1, 0.15) is 31.4 Å². The summed E-state index contributed by atoms with van der Waals surface area (Å²) in [5.41, 5.74) is 1.70. The molecule has 1 aromatic heterocycles. The van der Waals surface area contributed by atoms with Gasteiger partial charge in [0, 0.05) is 30.6 Å². The highest BCUT2D eigenvalue weighted by molar-refractivity contribution is 5.84. The molecule has 2 bridgehead atoms. The van der Waals surface area contributed by atoms with Gasteiger partial charge < -0.3 is 9.84 Å². The Labute approximate surface area is 153 Å². The number of carbonyl (C=O) groups excluding carboxylic acids is 1. The fourth-order valence-electron chi connectivity index (χ4n) is 4.62. The Bertz CT molecular complexity index is 850. The minimum Gasteiger partial charge on any atom is -0.508 e. The lowest BCUT2D eigenvalue weighted by atomic mass is 9.73. The van der Waals surface area contributed by atoms with Crippen molar-refractivity contribution in [2.24, 2.45) is 11.8 Å². The second-order valence-electron chi connectivity index (χ2n) is 7.38. The molecular weight excluding hydrogens is 328 g/mol. The van der Waals surface area contributed by atoms with E-state index in [2.05, 4.69) is 22.5 Å². The lowest BCUT2D eigenvalue weighted by Crippen LogP contribution is -2.55. The summed E-state index contributed by atoms with van der Waals surface area (Å²) < 4.78 is 5.83. The molecule has 3 fully saturated rings. The first-order valence-corrected chi connectivity index (χ1v) is 9.18. The number of piperidine rings is 3. The van der Waals surface area contributed by atoms with Gasteiger partial charge in [-0.15, -0.1) is 6.58 Å². The average molecular weight is 352 g/mol. The van der Waals surface area contributed by atoms with Crippen LogP contribution in [0.2, 0.25) is 0 Å². The zero-order chi connectivity index (χ0) is 18.3. The van der Waals surface area contributed by atoms with Crippen LogP contribution in [0.4, 0.5) is 0 Å². The van der Waals surface area contributed by atoms with Crippen LogP contribution in [0.3, 0.4) is 0 Å². The number of fused-ring (bicyclic) bond motifs is 4. The number of phenols is 1. The molecule has 2 aromatic rings. The van der Waals surface area contributed by atoms with E-state index in [0.717, 1.165) is 42.4 Å². The molecule has 136 valence electrons. The molecule has 0 spiro atoms. The summed E-state index contributed by atoms with van der Waals surface area (Å²) in [7, 11) is 0. The van der Waals surface area contributed by atoms with E-state index in [0.29, 0.717) is 11.8 Å². The number of hydrogen-bond donors (Lipinski definition) is 1. The Morgan fingerprint density at radius 1 is 1.46 bits per heavy atom. The van der Waals surface area contributed by atoms with Crippen molar-refractivity contribution < 1.29 is 14.6 Å². The molecule has 3 saturated heterocycles. The third kappa shape index (κ3) is 2.97. The maximum atomic E-state index is 11.9. The maximum absolute atomic E-state index is 11.9. The molecule has 0 amide bonds. The van der Waals surface area contributed by atoms with Crippen LogP contribution in [-0.2, 0) is 9.53 Å². The van der Waals surface area contributed by atoms with Crippen molar-refractivity contribution in [3.8, 4) is 5.75 Å². The van der Waals surface area contributed by atoms with Crippen LogP contribution >= 0.6 is 0 Å². The molecular formula is C21H24N2O3. The van der Waals surface area contributed by atoms with Gasteiger partial charge in [0.1, 0.15) is 11.9 Å². The topological polar surface area (TPSA) is 62.7 Å².